The van der Waals surface area contributed by atoms with E-state index in [-0.39, 0.29) is 5.54 Å². The molecule has 0 atom stereocenters. The number of rotatable bonds is 6. The van der Waals surface area contributed by atoms with Crippen LogP contribution in [0.2, 0.25) is 5.02 Å². The molecular weight excluding hydrogens is 294 g/mol. The average molecular weight is 324 g/mol. The molecule has 2 nitrogen and oxygen atoms in total. The number of aliphatic hydroxyl groups is 1. The van der Waals surface area contributed by atoms with Crippen molar-refractivity contribution >= 4 is 17.3 Å². The van der Waals surface area contributed by atoms with Gasteiger partial charge in [0.05, 0.1) is 5.60 Å². The molecule has 2 N–H and O–H groups in total. The standard InChI is InChI=1S/C19H30ClNO/c1-4-5-12-19(22)13-10-15(11-14-19)18(2,3)21-17-8-6-16(20)7-9-17/h6-9,15,21-22H,4-5,10-14H2,1-3H3. The van der Waals surface area contributed by atoms with Crippen LogP contribution in [0.5, 0.6) is 0 Å². The Hall–Kier alpha value is -0.730. The Morgan fingerprint density at radius 3 is 2.36 bits per heavy atom. The lowest BCUT2D eigenvalue weighted by Crippen LogP contribution is -2.45. The first-order valence-corrected chi connectivity index (χ1v) is 8.98. The summed E-state index contributed by atoms with van der Waals surface area (Å²) < 4.78 is 0. The van der Waals surface area contributed by atoms with E-state index in [4.69, 9.17) is 11.6 Å². The van der Waals surface area contributed by atoms with Crippen molar-refractivity contribution in [2.45, 2.75) is 76.9 Å². The molecule has 1 saturated carbocycles. The lowest BCUT2D eigenvalue weighted by molar-refractivity contribution is -0.0245. The summed E-state index contributed by atoms with van der Waals surface area (Å²) in [4.78, 5) is 0. The minimum atomic E-state index is -0.414. The van der Waals surface area contributed by atoms with Crippen molar-refractivity contribution in [3.8, 4) is 0 Å². The van der Waals surface area contributed by atoms with E-state index in [0.29, 0.717) is 5.92 Å². The minimum Gasteiger partial charge on any atom is -0.390 e. The normalized spacial score (nSPS) is 26.0. The first kappa shape index (κ1) is 17.6. The molecule has 0 aliphatic heterocycles. The van der Waals surface area contributed by atoms with Crippen LogP contribution in [0.3, 0.4) is 0 Å². The molecule has 1 aromatic carbocycles. The molecule has 0 amide bonds. The predicted octanol–water partition coefficient (Wildman–Crippen LogP) is 5.64. The highest BCUT2D eigenvalue weighted by molar-refractivity contribution is 6.30. The third kappa shape index (κ3) is 4.63. The molecular formula is C19H30ClNO. The first-order chi connectivity index (χ1) is 10.3. The summed E-state index contributed by atoms with van der Waals surface area (Å²) in [6.45, 7) is 6.72. The number of halogens is 1. The van der Waals surface area contributed by atoms with Gasteiger partial charge in [0.15, 0.2) is 0 Å². The summed E-state index contributed by atoms with van der Waals surface area (Å²) in [5.74, 6) is 0.588. The molecule has 22 heavy (non-hydrogen) atoms. The number of unbranched alkanes of at least 4 members (excludes halogenated alkanes) is 1. The largest absolute Gasteiger partial charge is 0.390 e. The second-order valence-corrected chi connectivity index (χ2v) is 7.89. The van der Waals surface area contributed by atoms with Gasteiger partial charge in [-0.2, -0.15) is 0 Å². The molecule has 0 saturated heterocycles. The summed E-state index contributed by atoms with van der Waals surface area (Å²) in [5, 5.41) is 15.1. The van der Waals surface area contributed by atoms with E-state index < -0.39 is 5.60 Å². The van der Waals surface area contributed by atoms with Gasteiger partial charge in [-0.1, -0.05) is 31.4 Å². The van der Waals surface area contributed by atoms with E-state index in [1.165, 1.54) is 0 Å². The fraction of sp³-hybridized carbons (Fsp3) is 0.684. The minimum absolute atomic E-state index is 0.0277. The van der Waals surface area contributed by atoms with Gasteiger partial charge >= 0.3 is 0 Å². The Kier molecular flexibility index (Phi) is 5.79. The number of nitrogens with one attached hydrogen (secondary N) is 1. The zero-order chi connectivity index (χ0) is 16.2. The molecule has 0 bridgehead atoms. The molecule has 1 fully saturated rings. The molecule has 3 heteroatoms. The zero-order valence-electron chi connectivity index (χ0n) is 14.2. The van der Waals surface area contributed by atoms with E-state index in [2.05, 4.69) is 26.1 Å². The monoisotopic (exact) mass is 323 g/mol. The fourth-order valence-electron chi connectivity index (χ4n) is 3.64. The van der Waals surface area contributed by atoms with Gasteiger partial charge in [-0.15, -0.1) is 0 Å². The maximum atomic E-state index is 10.7. The van der Waals surface area contributed by atoms with Gasteiger partial charge in [-0.3, -0.25) is 0 Å². The van der Waals surface area contributed by atoms with Crippen LogP contribution in [0.15, 0.2) is 24.3 Å². The number of anilines is 1. The second kappa shape index (κ2) is 7.23. The average Bonchev–Trinajstić information content (AvgIpc) is 2.48. The van der Waals surface area contributed by atoms with Crippen molar-refractivity contribution < 1.29 is 5.11 Å². The summed E-state index contributed by atoms with van der Waals surface area (Å²) >= 11 is 5.95. The predicted molar refractivity (Wildman–Crippen MR) is 95.6 cm³/mol. The third-order valence-electron chi connectivity index (χ3n) is 5.24. The van der Waals surface area contributed by atoms with Crippen LogP contribution >= 0.6 is 11.6 Å². The quantitative estimate of drug-likeness (QED) is 0.709. The summed E-state index contributed by atoms with van der Waals surface area (Å²) in [7, 11) is 0. The molecule has 1 aliphatic rings. The lowest BCUT2D eigenvalue weighted by atomic mass is 9.70. The summed E-state index contributed by atoms with van der Waals surface area (Å²) in [6, 6.07) is 7.91. The van der Waals surface area contributed by atoms with Crippen LogP contribution in [0.25, 0.3) is 0 Å². The number of hydrogen-bond acceptors (Lipinski definition) is 2. The van der Waals surface area contributed by atoms with Gasteiger partial charge in [0, 0.05) is 16.2 Å². The van der Waals surface area contributed by atoms with E-state index >= 15 is 0 Å². The molecule has 0 aromatic heterocycles. The highest BCUT2D eigenvalue weighted by atomic mass is 35.5. The van der Waals surface area contributed by atoms with Crippen molar-refractivity contribution in [3.63, 3.8) is 0 Å². The van der Waals surface area contributed by atoms with Crippen molar-refractivity contribution in [3.05, 3.63) is 29.3 Å². The second-order valence-electron chi connectivity index (χ2n) is 7.46. The lowest BCUT2D eigenvalue weighted by Gasteiger charge is -2.43. The van der Waals surface area contributed by atoms with Gasteiger partial charge in [-0.05, 0) is 76.1 Å². The van der Waals surface area contributed by atoms with Crippen molar-refractivity contribution in [2.24, 2.45) is 5.92 Å². The number of benzene rings is 1. The Labute approximate surface area is 140 Å². The maximum absolute atomic E-state index is 10.7. The SMILES string of the molecule is CCCCC1(O)CCC(C(C)(C)Nc2ccc(Cl)cc2)CC1. The van der Waals surface area contributed by atoms with Gasteiger partial charge in [0.25, 0.3) is 0 Å². The van der Waals surface area contributed by atoms with Gasteiger partial charge in [0.2, 0.25) is 0 Å². The highest BCUT2D eigenvalue weighted by Crippen LogP contribution is 2.41. The Morgan fingerprint density at radius 1 is 1.23 bits per heavy atom. The Bertz CT molecular complexity index is 461. The van der Waals surface area contributed by atoms with Gasteiger partial charge in [0.1, 0.15) is 0 Å². The molecule has 1 aliphatic carbocycles. The zero-order valence-corrected chi connectivity index (χ0v) is 14.9. The molecule has 0 spiro atoms. The molecule has 1 aromatic rings. The third-order valence-corrected chi connectivity index (χ3v) is 5.50. The topological polar surface area (TPSA) is 32.3 Å². The molecule has 124 valence electrons. The molecule has 2 rings (SSSR count). The van der Waals surface area contributed by atoms with Crippen LogP contribution < -0.4 is 5.32 Å². The Morgan fingerprint density at radius 2 is 1.82 bits per heavy atom. The summed E-state index contributed by atoms with van der Waals surface area (Å²) in [5.41, 5.74) is 0.726. The van der Waals surface area contributed by atoms with Crippen molar-refractivity contribution in [1.82, 2.24) is 0 Å². The van der Waals surface area contributed by atoms with E-state index in [0.717, 1.165) is 55.7 Å². The van der Waals surface area contributed by atoms with Crippen LogP contribution in [-0.4, -0.2) is 16.2 Å². The Balaban J connectivity index is 1.92. The molecule has 0 radical (unpaired) electrons. The van der Waals surface area contributed by atoms with E-state index in [9.17, 15) is 5.11 Å². The highest BCUT2D eigenvalue weighted by Gasteiger charge is 2.38. The van der Waals surface area contributed by atoms with Crippen LogP contribution in [0.1, 0.15) is 65.7 Å². The van der Waals surface area contributed by atoms with Crippen LogP contribution in [-0.2, 0) is 0 Å². The van der Waals surface area contributed by atoms with Crippen LogP contribution in [0, 0.1) is 5.92 Å². The van der Waals surface area contributed by atoms with Crippen LogP contribution in [0.4, 0.5) is 5.69 Å². The first-order valence-electron chi connectivity index (χ1n) is 8.61. The van der Waals surface area contributed by atoms with E-state index in [1.54, 1.807) is 0 Å². The molecule has 0 unspecified atom stereocenters. The fourth-order valence-corrected chi connectivity index (χ4v) is 3.77. The van der Waals surface area contributed by atoms with Crippen molar-refractivity contribution in [2.75, 3.05) is 5.32 Å². The molecule has 0 heterocycles. The number of hydrogen-bond donors (Lipinski definition) is 2. The summed E-state index contributed by atoms with van der Waals surface area (Å²) in [6.07, 6.45) is 7.30. The van der Waals surface area contributed by atoms with Crippen molar-refractivity contribution in [1.29, 1.82) is 0 Å². The smallest absolute Gasteiger partial charge is 0.0648 e. The van der Waals surface area contributed by atoms with Gasteiger partial charge < -0.3 is 10.4 Å². The van der Waals surface area contributed by atoms with Gasteiger partial charge in [-0.25, -0.2) is 0 Å². The van der Waals surface area contributed by atoms with E-state index in [1.807, 2.05) is 24.3 Å². The maximum Gasteiger partial charge on any atom is 0.0648 e.